The van der Waals surface area contributed by atoms with E-state index in [1.54, 1.807) is 14.2 Å². The monoisotopic (exact) mass is 263 g/mol. The van der Waals surface area contributed by atoms with Crippen molar-refractivity contribution in [2.45, 2.75) is 13.0 Å². The normalized spacial score (nSPS) is 12.4. The Kier molecular flexibility index (Phi) is 4.13. The van der Waals surface area contributed by atoms with Gasteiger partial charge in [-0.25, -0.2) is 0 Å². The maximum absolute atomic E-state index is 5.84. The van der Waals surface area contributed by atoms with Crippen LogP contribution in [0.1, 0.15) is 17.4 Å². The number of rotatable bonds is 5. The molecule has 0 spiro atoms. The van der Waals surface area contributed by atoms with E-state index in [-0.39, 0.29) is 0 Å². The predicted octanol–water partition coefficient (Wildman–Crippen LogP) is 1.70. The lowest BCUT2D eigenvalue weighted by Gasteiger charge is -2.05. The number of aryl methyl sites for hydroxylation is 1. The fourth-order valence-corrected chi connectivity index (χ4v) is 1.71. The summed E-state index contributed by atoms with van der Waals surface area (Å²) < 4.78 is 15.4. The van der Waals surface area contributed by atoms with Crippen LogP contribution in [0.5, 0.6) is 5.75 Å². The van der Waals surface area contributed by atoms with Crippen molar-refractivity contribution in [2.24, 2.45) is 5.73 Å². The number of ether oxygens (including phenoxy) is 2. The lowest BCUT2D eigenvalue weighted by atomic mass is 10.1. The molecule has 6 heteroatoms. The van der Waals surface area contributed by atoms with Crippen LogP contribution in [0.2, 0.25) is 0 Å². The molecule has 0 aliphatic carbocycles. The van der Waals surface area contributed by atoms with E-state index >= 15 is 0 Å². The lowest BCUT2D eigenvalue weighted by molar-refractivity contribution is 0.177. The van der Waals surface area contributed by atoms with Crippen molar-refractivity contribution < 1.29 is 14.0 Å². The van der Waals surface area contributed by atoms with Crippen molar-refractivity contribution in [1.29, 1.82) is 0 Å². The van der Waals surface area contributed by atoms with Crippen LogP contribution < -0.4 is 10.5 Å². The highest BCUT2D eigenvalue weighted by Crippen LogP contribution is 2.26. The Morgan fingerprint density at radius 2 is 2.16 bits per heavy atom. The quantitative estimate of drug-likeness (QED) is 0.884. The highest BCUT2D eigenvalue weighted by molar-refractivity contribution is 5.57. The van der Waals surface area contributed by atoms with Crippen LogP contribution in [-0.4, -0.2) is 31.0 Å². The van der Waals surface area contributed by atoms with Gasteiger partial charge in [0, 0.05) is 12.7 Å². The largest absolute Gasteiger partial charge is 0.496 e. The summed E-state index contributed by atoms with van der Waals surface area (Å²) in [5.41, 5.74) is 7.68. The third-order valence-electron chi connectivity index (χ3n) is 2.77. The van der Waals surface area contributed by atoms with Gasteiger partial charge in [0.25, 0.3) is 5.89 Å². The Balaban J connectivity index is 2.27. The first-order valence-corrected chi connectivity index (χ1v) is 5.89. The van der Waals surface area contributed by atoms with E-state index in [0.717, 1.165) is 16.9 Å². The van der Waals surface area contributed by atoms with Crippen LogP contribution in [-0.2, 0) is 4.74 Å². The van der Waals surface area contributed by atoms with E-state index in [9.17, 15) is 0 Å². The summed E-state index contributed by atoms with van der Waals surface area (Å²) in [4.78, 5) is 4.27. The summed E-state index contributed by atoms with van der Waals surface area (Å²) in [6, 6.07) is 5.30. The van der Waals surface area contributed by atoms with Gasteiger partial charge in [-0.1, -0.05) is 11.2 Å². The zero-order valence-electron chi connectivity index (χ0n) is 11.2. The number of aromatic nitrogens is 2. The molecule has 0 aliphatic heterocycles. The van der Waals surface area contributed by atoms with E-state index in [1.807, 2.05) is 25.1 Å². The minimum Gasteiger partial charge on any atom is -0.496 e. The highest BCUT2D eigenvalue weighted by atomic mass is 16.5. The molecule has 1 aromatic carbocycles. The van der Waals surface area contributed by atoms with E-state index in [0.29, 0.717) is 18.3 Å². The van der Waals surface area contributed by atoms with Crippen LogP contribution in [0.25, 0.3) is 11.5 Å². The van der Waals surface area contributed by atoms with Crippen molar-refractivity contribution in [1.82, 2.24) is 10.1 Å². The summed E-state index contributed by atoms with van der Waals surface area (Å²) in [6.45, 7) is 2.31. The second-order valence-electron chi connectivity index (χ2n) is 4.20. The Bertz CT molecular complexity index is 554. The predicted molar refractivity (Wildman–Crippen MR) is 69.8 cm³/mol. The molecule has 19 heavy (non-hydrogen) atoms. The van der Waals surface area contributed by atoms with Crippen molar-refractivity contribution in [3.8, 4) is 17.2 Å². The zero-order valence-corrected chi connectivity index (χ0v) is 11.2. The number of benzene rings is 1. The molecule has 2 aromatic rings. The van der Waals surface area contributed by atoms with Crippen LogP contribution in [0.4, 0.5) is 0 Å². The molecular weight excluding hydrogens is 246 g/mol. The average Bonchev–Trinajstić information content (AvgIpc) is 2.89. The van der Waals surface area contributed by atoms with Gasteiger partial charge in [0.15, 0.2) is 5.82 Å². The number of nitrogens with two attached hydrogens (primary N) is 1. The van der Waals surface area contributed by atoms with Gasteiger partial charge in [-0.15, -0.1) is 0 Å². The Morgan fingerprint density at radius 1 is 1.37 bits per heavy atom. The second kappa shape index (κ2) is 5.81. The highest BCUT2D eigenvalue weighted by Gasteiger charge is 2.15. The van der Waals surface area contributed by atoms with E-state index in [4.69, 9.17) is 19.7 Å². The van der Waals surface area contributed by atoms with Crippen molar-refractivity contribution in [3.63, 3.8) is 0 Å². The van der Waals surface area contributed by atoms with Gasteiger partial charge in [-0.05, 0) is 24.6 Å². The SMILES string of the molecule is COCC(N)c1noc(-c2ccc(C)c(OC)c2)n1. The molecular formula is C13H17N3O3. The van der Waals surface area contributed by atoms with E-state index < -0.39 is 6.04 Å². The summed E-state index contributed by atoms with van der Waals surface area (Å²) in [7, 11) is 3.20. The van der Waals surface area contributed by atoms with Gasteiger partial charge in [-0.3, -0.25) is 0 Å². The van der Waals surface area contributed by atoms with E-state index in [1.165, 1.54) is 0 Å². The van der Waals surface area contributed by atoms with Gasteiger partial charge in [-0.2, -0.15) is 4.98 Å². The Labute approximate surface area is 111 Å². The summed E-state index contributed by atoms with van der Waals surface area (Å²) in [5.74, 6) is 1.62. The first kappa shape index (κ1) is 13.5. The minimum atomic E-state index is -0.394. The Hall–Kier alpha value is -1.92. The molecule has 0 aliphatic rings. The zero-order chi connectivity index (χ0) is 13.8. The van der Waals surface area contributed by atoms with Gasteiger partial charge in [0.1, 0.15) is 5.75 Å². The van der Waals surface area contributed by atoms with Crippen LogP contribution >= 0.6 is 0 Å². The van der Waals surface area contributed by atoms with Crippen molar-refractivity contribution in [3.05, 3.63) is 29.6 Å². The Morgan fingerprint density at radius 3 is 2.84 bits per heavy atom. The molecule has 1 atom stereocenters. The van der Waals surface area contributed by atoms with Gasteiger partial charge in [0.05, 0.1) is 19.8 Å². The smallest absolute Gasteiger partial charge is 0.258 e. The number of hydrogen-bond donors (Lipinski definition) is 1. The average molecular weight is 263 g/mol. The molecule has 0 bridgehead atoms. The van der Waals surface area contributed by atoms with Crippen molar-refractivity contribution in [2.75, 3.05) is 20.8 Å². The maximum atomic E-state index is 5.84. The standard InChI is InChI=1S/C13H17N3O3/c1-8-4-5-9(6-11(8)18-3)13-15-12(16-19-13)10(14)7-17-2/h4-6,10H,7,14H2,1-3H3. The van der Waals surface area contributed by atoms with Crippen molar-refractivity contribution >= 4 is 0 Å². The molecule has 0 radical (unpaired) electrons. The minimum absolute atomic E-state index is 0.343. The molecule has 102 valence electrons. The van der Waals surface area contributed by atoms with E-state index in [2.05, 4.69) is 10.1 Å². The van der Waals surface area contributed by atoms with Gasteiger partial charge < -0.3 is 19.7 Å². The molecule has 1 aromatic heterocycles. The molecule has 0 saturated heterocycles. The third-order valence-corrected chi connectivity index (χ3v) is 2.77. The van der Waals surface area contributed by atoms with Crippen LogP contribution in [0.15, 0.2) is 22.7 Å². The number of methoxy groups -OCH3 is 2. The number of nitrogens with zero attached hydrogens (tertiary/aromatic N) is 2. The molecule has 2 rings (SSSR count). The molecule has 0 saturated carbocycles. The van der Waals surface area contributed by atoms with Gasteiger partial charge in [0.2, 0.25) is 0 Å². The van der Waals surface area contributed by atoms with Crippen LogP contribution in [0.3, 0.4) is 0 Å². The molecule has 2 N–H and O–H groups in total. The molecule has 1 unspecified atom stereocenters. The topological polar surface area (TPSA) is 83.4 Å². The molecule has 0 fully saturated rings. The molecule has 6 nitrogen and oxygen atoms in total. The molecule has 0 amide bonds. The van der Waals surface area contributed by atoms with Crippen LogP contribution in [0, 0.1) is 6.92 Å². The summed E-state index contributed by atoms with van der Waals surface area (Å²) in [6.07, 6.45) is 0. The lowest BCUT2D eigenvalue weighted by Crippen LogP contribution is -2.17. The summed E-state index contributed by atoms with van der Waals surface area (Å²) in [5, 5.41) is 3.86. The first-order valence-electron chi connectivity index (χ1n) is 5.89. The maximum Gasteiger partial charge on any atom is 0.258 e. The first-order chi connectivity index (χ1) is 9.15. The second-order valence-corrected chi connectivity index (χ2v) is 4.20. The molecule has 1 heterocycles. The van der Waals surface area contributed by atoms with Gasteiger partial charge >= 0.3 is 0 Å². The summed E-state index contributed by atoms with van der Waals surface area (Å²) >= 11 is 0. The fraction of sp³-hybridized carbons (Fsp3) is 0.385. The third kappa shape index (κ3) is 2.91. The number of hydrogen-bond acceptors (Lipinski definition) is 6. The fourth-order valence-electron chi connectivity index (χ4n) is 1.71.